The molecule has 36 heavy (non-hydrogen) atoms. The molecule has 0 saturated heterocycles. The highest BCUT2D eigenvalue weighted by atomic mass is 32.1. The summed E-state index contributed by atoms with van der Waals surface area (Å²) in [5.74, 6) is -0.107. The smallest absolute Gasteiger partial charge is 0.269 e. The number of amides is 1. The van der Waals surface area contributed by atoms with E-state index in [0.29, 0.717) is 12.2 Å². The first-order valence-corrected chi connectivity index (χ1v) is 13.4. The van der Waals surface area contributed by atoms with Crippen molar-refractivity contribution in [3.8, 4) is 0 Å². The second-order valence-corrected chi connectivity index (χ2v) is 9.93. The molecule has 0 aliphatic rings. The van der Waals surface area contributed by atoms with Crippen LogP contribution in [0.5, 0.6) is 0 Å². The number of thiazole rings is 1. The number of hydrogen-bond donors (Lipinski definition) is 2. The number of unbranched alkanes of at least 4 members (excludes halogenated alkanes) is 2. The molecule has 0 radical (unpaired) electrons. The fourth-order valence-electron chi connectivity index (χ4n) is 4.39. The van der Waals surface area contributed by atoms with Crippen LogP contribution in [-0.4, -0.2) is 17.0 Å². The number of nitrogens with one attached hydrogen (secondary N) is 1. The zero-order valence-corrected chi connectivity index (χ0v) is 21.8. The maximum Gasteiger partial charge on any atom is 0.269 e. The second-order valence-electron chi connectivity index (χ2n) is 9.09. The molecule has 0 aliphatic heterocycles. The van der Waals surface area contributed by atoms with Crippen LogP contribution in [0.3, 0.4) is 0 Å². The molecule has 4 aromatic rings. The van der Waals surface area contributed by atoms with Gasteiger partial charge in [0.25, 0.3) is 5.91 Å². The monoisotopic (exact) mass is 498 g/mol. The van der Waals surface area contributed by atoms with Gasteiger partial charge in [-0.25, -0.2) is 4.99 Å². The lowest BCUT2D eigenvalue weighted by Crippen LogP contribution is -2.32. The summed E-state index contributed by atoms with van der Waals surface area (Å²) in [4.78, 5) is 19.5. The highest BCUT2D eigenvalue weighted by molar-refractivity contribution is 7.07. The topological polar surface area (TPSA) is 72.4 Å². The van der Waals surface area contributed by atoms with Gasteiger partial charge in [0.15, 0.2) is 4.80 Å². The molecule has 1 amide bonds. The summed E-state index contributed by atoms with van der Waals surface area (Å²) < 4.78 is 2.06. The van der Waals surface area contributed by atoms with Crippen LogP contribution in [-0.2, 0) is 6.54 Å². The largest absolute Gasteiger partial charge is 0.340 e. The number of nitrogens with zero attached hydrogens (tertiary/aromatic N) is 2. The maximum atomic E-state index is 13.7. The number of nitrogens with two attached hydrogens (primary N) is 1. The molecule has 0 atom stereocenters. The third-order valence-electron chi connectivity index (χ3n) is 6.09. The zero-order chi connectivity index (χ0) is 25.3. The van der Waals surface area contributed by atoms with Crippen molar-refractivity contribution < 1.29 is 4.79 Å². The van der Waals surface area contributed by atoms with Crippen molar-refractivity contribution in [2.24, 2.45) is 10.7 Å². The average Bonchev–Trinajstić information content (AvgIpc) is 3.27. The van der Waals surface area contributed by atoms with Gasteiger partial charge in [0, 0.05) is 11.9 Å². The first-order valence-electron chi connectivity index (χ1n) is 12.5. The molecule has 6 heteroatoms. The first kappa shape index (κ1) is 25.6. The molecule has 0 fully saturated rings. The molecule has 0 unspecified atom stereocenters. The van der Waals surface area contributed by atoms with Gasteiger partial charge >= 0.3 is 0 Å². The fraction of sp³-hybridized carbons (Fsp3) is 0.267. The van der Waals surface area contributed by atoms with Gasteiger partial charge in [0.1, 0.15) is 5.69 Å². The molecule has 0 saturated carbocycles. The number of benzene rings is 3. The number of carbonyl (C=O) groups is 1. The SMILES string of the molecule is Cc1cc(C)cc(/N=c2\scc(C(=O)NC(c3ccccc3)c3ccccc3)n2CCCCCN)c1. The minimum absolute atomic E-state index is 0.107. The van der Waals surface area contributed by atoms with E-state index >= 15 is 0 Å². The van der Waals surface area contributed by atoms with Crippen molar-refractivity contribution in [1.29, 1.82) is 0 Å². The Labute approximate surface area is 217 Å². The molecular weight excluding hydrogens is 464 g/mol. The van der Waals surface area contributed by atoms with Gasteiger partial charge in [0.05, 0.1) is 11.7 Å². The summed E-state index contributed by atoms with van der Waals surface area (Å²) in [5.41, 5.74) is 11.7. The Morgan fingerprint density at radius 1 is 0.917 bits per heavy atom. The summed E-state index contributed by atoms with van der Waals surface area (Å²) in [6, 6.07) is 26.2. The van der Waals surface area contributed by atoms with Crippen LogP contribution in [0.1, 0.15) is 58.0 Å². The molecule has 4 rings (SSSR count). The quantitative estimate of drug-likeness (QED) is 0.261. The normalized spacial score (nSPS) is 11.7. The lowest BCUT2D eigenvalue weighted by Gasteiger charge is -2.20. The highest BCUT2D eigenvalue weighted by Crippen LogP contribution is 2.23. The van der Waals surface area contributed by atoms with Gasteiger partial charge in [-0.3, -0.25) is 4.79 Å². The molecular formula is C30H34N4OS. The molecule has 0 bridgehead atoms. The van der Waals surface area contributed by atoms with Crippen molar-refractivity contribution >= 4 is 22.9 Å². The van der Waals surface area contributed by atoms with E-state index in [0.717, 1.165) is 47.4 Å². The fourth-order valence-corrected chi connectivity index (χ4v) is 5.32. The minimum atomic E-state index is -0.245. The standard InChI is InChI=1S/C30H34N4OS/c1-22-18-23(2)20-26(19-22)32-30-34(17-11-5-10-16-31)27(21-36-30)29(35)33-28(24-12-6-3-7-13-24)25-14-8-4-9-15-25/h3-4,6-9,12-15,18-21,28H,5,10-11,16-17,31H2,1-2H3,(H,33,35)/b32-30-. The number of aromatic nitrogens is 1. The van der Waals surface area contributed by atoms with Crippen LogP contribution < -0.4 is 15.9 Å². The van der Waals surface area contributed by atoms with Gasteiger partial charge in [-0.2, -0.15) is 0 Å². The van der Waals surface area contributed by atoms with Crippen LogP contribution >= 0.6 is 11.3 Å². The predicted octanol–water partition coefficient (Wildman–Crippen LogP) is 6.05. The highest BCUT2D eigenvalue weighted by Gasteiger charge is 2.20. The van der Waals surface area contributed by atoms with Crippen molar-refractivity contribution in [3.05, 3.63) is 117 Å². The van der Waals surface area contributed by atoms with Gasteiger partial charge in [-0.05, 0) is 67.6 Å². The Hall–Kier alpha value is -3.48. The Kier molecular flexibility index (Phi) is 8.87. The van der Waals surface area contributed by atoms with Crippen LogP contribution in [0.4, 0.5) is 5.69 Å². The Morgan fingerprint density at radius 3 is 2.11 bits per heavy atom. The Bertz CT molecular complexity index is 1280. The van der Waals surface area contributed by atoms with E-state index in [-0.39, 0.29) is 11.9 Å². The van der Waals surface area contributed by atoms with Gasteiger partial charge < -0.3 is 15.6 Å². The third kappa shape index (κ3) is 6.59. The molecule has 1 heterocycles. The number of carbonyl (C=O) groups excluding carboxylic acids is 1. The molecule has 0 aliphatic carbocycles. The Balaban J connectivity index is 1.69. The van der Waals surface area contributed by atoms with E-state index in [2.05, 4.69) is 41.9 Å². The van der Waals surface area contributed by atoms with E-state index < -0.39 is 0 Å². The average molecular weight is 499 g/mol. The summed E-state index contributed by atoms with van der Waals surface area (Å²) in [5, 5.41) is 5.21. The number of hydrogen-bond acceptors (Lipinski definition) is 4. The first-order chi connectivity index (χ1) is 17.5. The van der Waals surface area contributed by atoms with Crippen LogP contribution in [0.15, 0.2) is 89.2 Å². The van der Waals surface area contributed by atoms with E-state index in [4.69, 9.17) is 10.7 Å². The van der Waals surface area contributed by atoms with Crippen LogP contribution in [0, 0.1) is 13.8 Å². The van der Waals surface area contributed by atoms with Gasteiger partial charge in [0.2, 0.25) is 0 Å². The molecule has 5 nitrogen and oxygen atoms in total. The minimum Gasteiger partial charge on any atom is -0.340 e. The summed E-state index contributed by atoms with van der Waals surface area (Å²) in [6.07, 6.45) is 2.93. The van der Waals surface area contributed by atoms with Crippen LogP contribution in [0.25, 0.3) is 0 Å². The van der Waals surface area contributed by atoms with Gasteiger partial charge in [-0.15, -0.1) is 11.3 Å². The van der Waals surface area contributed by atoms with Gasteiger partial charge in [-0.1, -0.05) is 73.2 Å². The maximum absolute atomic E-state index is 13.7. The summed E-state index contributed by atoms with van der Waals surface area (Å²) in [7, 11) is 0. The number of rotatable bonds is 10. The zero-order valence-electron chi connectivity index (χ0n) is 21.0. The molecule has 1 aromatic heterocycles. The predicted molar refractivity (Wildman–Crippen MR) is 149 cm³/mol. The Morgan fingerprint density at radius 2 is 1.53 bits per heavy atom. The lowest BCUT2D eigenvalue weighted by atomic mass is 9.98. The van der Waals surface area contributed by atoms with E-state index in [1.807, 2.05) is 66.0 Å². The number of aryl methyl sites for hydroxylation is 2. The van der Waals surface area contributed by atoms with E-state index in [1.54, 1.807) is 0 Å². The molecule has 186 valence electrons. The van der Waals surface area contributed by atoms with E-state index in [9.17, 15) is 4.79 Å². The molecule has 0 spiro atoms. The van der Waals surface area contributed by atoms with Crippen LogP contribution in [0.2, 0.25) is 0 Å². The third-order valence-corrected chi connectivity index (χ3v) is 6.95. The van der Waals surface area contributed by atoms with Crippen molar-refractivity contribution in [2.45, 2.75) is 45.7 Å². The molecule has 3 N–H and O–H groups in total. The lowest BCUT2D eigenvalue weighted by molar-refractivity contribution is 0.0933. The molecule has 3 aromatic carbocycles. The summed E-state index contributed by atoms with van der Waals surface area (Å²) in [6.45, 7) is 5.55. The second kappa shape index (κ2) is 12.5. The van der Waals surface area contributed by atoms with Crippen molar-refractivity contribution in [2.75, 3.05) is 6.54 Å². The van der Waals surface area contributed by atoms with E-state index in [1.165, 1.54) is 22.5 Å². The van der Waals surface area contributed by atoms with Crippen molar-refractivity contribution in [1.82, 2.24) is 9.88 Å². The summed E-state index contributed by atoms with van der Waals surface area (Å²) >= 11 is 1.50. The van der Waals surface area contributed by atoms with Crippen molar-refractivity contribution in [3.63, 3.8) is 0 Å².